The SMILES string of the molecule is CCCCCOc1ccc(NC(=O)C(=O)NCCC(C)C)cc1. The second kappa shape index (κ2) is 10.6. The van der Waals surface area contributed by atoms with E-state index in [-0.39, 0.29) is 0 Å². The van der Waals surface area contributed by atoms with Gasteiger partial charge in [0.25, 0.3) is 0 Å². The van der Waals surface area contributed by atoms with E-state index < -0.39 is 11.8 Å². The van der Waals surface area contributed by atoms with Crippen molar-refractivity contribution in [1.82, 2.24) is 5.32 Å². The molecular weight excluding hydrogens is 292 g/mol. The van der Waals surface area contributed by atoms with Crippen LogP contribution in [0, 0.1) is 5.92 Å². The molecule has 0 radical (unpaired) electrons. The monoisotopic (exact) mass is 320 g/mol. The maximum absolute atomic E-state index is 11.8. The molecule has 1 aromatic rings. The number of benzene rings is 1. The van der Waals surface area contributed by atoms with E-state index in [0.29, 0.717) is 24.8 Å². The lowest BCUT2D eigenvalue weighted by molar-refractivity contribution is -0.136. The summed E-state index contributed by atoms with van der Waals surface area (Å²) in [6.07, 6.45) is 4.20. The van der Waals surface area contributed by atoms with Crippen LogP contribution in [0.1, 0.15) is 46.5 Å². The van der Waals surface area contributed by atoms with Gasteiger partial charge in [-0.2, -0.15) is 0 Å². The maximum Gasteiger partial charge on any atom is 0.313 e. The Morgan fingerprint density at radius 2 is 1.78 bits per heavy atom. The molecule has 0 fully saturated rings. The molecule has 0 spiro atoms. The Bertz CT molecular complexity index is 484. The lowest BCUT2D eigenvalue weighted by Crippen LogP contribution is -2.36. The first kappa shape index (κ1) is 19.0. The number of anilines is 1. The number of ether oxygens (including phenoxy) is 1. The van der Waals surface area contributed by atoms with Crippen LogP contribution in [0.3, 0.4) is 0 Å². The predicted octanol–water partition coefficient (Wildman–Crippen LogP) is 3.36. The van der Waals surface area contributed by atoms with Crippen LogP contribution >= 0.6 is 0 Å². The molecule has 0 heterocycles. The van der Waals surface area contributed by atoms with Crippen LogP contribution in [0.2, 0.25) is 0 Å². The fourth-order valence-corrected chi connectivity index (χ4v) is 1.92. The smallest absolute Gasteiger partial charge is 0.313 e. The highest BCUT2D eigenvalue weighted by Gasteiger charge is 2.13. The van der Waals surface area contributed by atoms with Gasteiger partial charge in [-0.25, -0.2) is 0 Å². The van der Waals surface area contributed by atoms with Crippen molar-refractivity contribution in [2.75, 3.05) is 18.5 Å². The van der Waals surface area contributed by atoms with Gasteiger partial charge in [-0.15, -0.1) is 0 Å². The number of carbonyl (C=O) groups is 2. The lowest BCUT2D eigenvalue weighted by Gasteiger charge is -2.09. The van der Waals surface area contributed by atoms with Gasteiger partial charge in [0.1, 0.15) is 5.75 Å². The van der Waals surface area contributed by atoms with E-state index in [1.807, 2.05) is 0 Å². The summed E-state index contributed by atoms with van der Waals surface area (Å²) >= 11 is 0. The number of nitrogens with one attached hydrogen (secondary N) is 2. The van der Waals surface area contributed by atoms with E-state index in [0.717, 1.165) is 31.4 Å². The van der Waals surface area contributed by atoms with Crippen molar-refractivity contribution >= 4 is 17.5 Å². The first-order valence-electron chi connectivity index (χ1n) is 8.35. The average molecular weight is 320 g/mol. The summed E-state index contributed by atoms with van der Waals surface area (Å²) in [6, 6.07) is 7.04. The summed E-state index contributed by atoms with van der Waals surface area (Å²) in [5.41, 5.74) is 0.579. The standard InChI is InChI=1S/C18H28N2O3/c1-4-5-6-13-23-16-9-7-15(8-10-16)20-18(22)17(21)19-12-11-14(2)3/h7-10,14H,4-6,11-13H2,1-3H3,(H,19,21)(H,20,22). The van der Waals surface area contributed by atoms with E-state index in [9.17, 15) is 9.59 Å². The summed E-state index contributed by atoms with van der Waals surface area (Å²) < 4.78 is 5.60. The molecule has 0 saturated heterocycles. The average Bonchev–Trinajstić information content (AvgIpc) is 2.52. The van der Waals surface area contributed by atoms with Crippen LogP contribution < -0.4 is 15.4 Å². The highest BCUT2D eigenvalue weighted by Crippen LogP contribution is 2.16. The number of unbranched alkanes of at least 4 members (excludes halogenated alkanes) is 2. The molecule has 0 bridgehead atoms. The second-order valence-corrected chi connectivity index (χ2v) is 5.97. The van der Waals surface area contributed by atoms with Gasteiger partial charge in [-0.1, -0.05) is 33.6 Å². The molecule has 0 aliphatic carbocycles. The zero-order valence-electron chi connectivity index (χ0n) is 14.4. The fraction of sp³-hybridized carbons (Fsp3) is 0.556. The summed E-state index contributed by atoms with van der Waals surface area (Å²) in [7, 11) is 0. The second-order valence-electron chi connectivity index (χ2n) is 5.97. The number of hydrogen-bond donors (Lipinski definition) is 2. The number of amides is 2. The predicted molar refractivity (Wildman–Crippen MR) is 92.6 cm³/mol. The highest BCUT2D eigenvalue weighted by molar-refractivity contribution is 6.39. The van der Waals surface area contributed by atoms with Gasteiger partial charge >= 0.3 is 11.8 Å². The van der Waals surface area contributed by atoms with Crippen molar-refractivity contribution in [3.63, 3.8) is 0 Å². The zero-order valence-corrected chi connectivity index (χ0v) is 14.4. The van der Waals surface area contributed by atoms with E-state index in [1.54, 1.807) is 24.3 Å². The minimum atomic E-state index is -0.648. The third-order valence-corrected chi connectivity index (χ3v) is 3.34. The molecule has 2 N–H and O–H groups in total. The quantitative estimate of drug-likeness (QED) is 0.541. The number of rotatable bonds is 9. The maximum atomic E-state index is 11.8. The van der Waals surface area contributed by atoms with Gasteiger partial charge in [0.05, 0.1) is 6.61 Å². The van der Waals surface area contributed by atoms with Crippen molar-refractivity contribution < 1.29 is 14.3 Å². The number of hydrogen-bond acceptors (Lipinski definition) is 3. The van der Waals surface area contributed by atoms with E-state index in [2.05, 4.69) is 31.4 Å². The summed E-state index contributed by atoms with van der Waals surface area (Å²) in [4.78, 5) is 23.4. The van der Waals surface area contributed by atoms with Gasteiger partial charge in [0.15, 0.2) is 0 Å². The Balaban J connectivity index is 2.35. The van der Waals surface area contributed by atoms with Crippen LogP contribution in [-0.4, -0.2) is 25.0 Å². The number of carbonyl (C=O) groups excluding carboxylic acids is 2. The van der Waals surface area contributed by atoms with Gasteiger partial charge < -0.3 is 15.4 Å². The molecule has 5 heteroatoms. The van der Waals surface area contributed by atoms with Crippen LogP contribution in [0.5, 0.6) is 5.75 Å². The molecule has 5 nitrogen and oxygen atoms in total. The third-order valence-electron chi connectivity index (χ3n) is 3.34. The molecule has 128 valence electrons. The molecular formula is C18H28N2O3. The molecule has 1 rings (SSSR count). The highest BCUT2D eigenvalue weighted by atomic mass is 16.5. The zero-order chi connectivity index (χ0) is 17.1. The minimum Gasteiger partial charge on any atom is -0.494 e. The largest absolute Gasteiger partial charge is 0.494 e. The molecule has 2 amide bonds. The molecule has 0 unspecified atom stereocenters. The van der Waals surface area contributed by atoms with Gasteiger partial charge in [0, 0.05) is 12.2 Å². The molecule has 0 aromatic heterocycles. The normalized spacial score (nSPS) is 10.4. The molecule has 0 saturated carbocycles. The Hall–Kier alpha value is -2.04. The summed E-state index contributed by atoms with van der Waals surface area (Å²) in [5, 5.41) is 5.19. The molecule has 0 atom stereocenters. The van der Waals surface area contributed by atoms with Gasteiger partial charge in [-0.05, 0) is 43.0 Å². The fourth-order valence-electron chi connectivity index (χ4n) is 1.92. The van der Waals surface area contributed by atoms with Crippen LogP contribution in [0.15, 0.2) is 24.3 Å². The summed E-state index contributed by atoms with van der Waals surface area (Å²) in [5.74, 6) is -0.000341. The minimum absolute atomic E-state index is 0.489. The Kier molecular flexibility index (Phi) is 8.80. The summed E-state index contributed by atoms with van der Waals surface area (Å²) in [6.45, 7) is 7.49. The Labute approximate surface area is 138 Å². The van der Waals surface area contributed by atoms with E-state index >= 15 is 0 Å². The third kappa shape index (κ3) is 8.24. The first-order valence-corrected chi connectivity index (χ1v) is 8.35. The molecule has 23 heavy (non-hydrogen) atoms. The van der Waals surface area contributed by atoms with Crippen molar-refractivity contribution in [3.05, 3.63) is 24.3 Å². The Morgan fingerprint density at radius 3 is 2.39 bits per heavy atom. The molecule has 0 aliphatic rings. The van der Waals surface area contributed by atoms with E-state index in [4.69, 9.17) is 4.74 Å². The molecule has 1 aromatic carbocycles. The lowest BCUT2D eigenvalue weighted by atomic mass is 10.1. The van der Waals surface area contributed by atoms with Gasteiger partial charge in [0.2, 0.25) is 0 Å². The van der Waals surface area contributed by atoms with Crippen molar-refractivity contribution in [2.45, 2.75) is 46.5 Å². The first-order chi connectivity index (χ1) is 11.0. The Morgan fingerprint density at radius 1 is 1.09 bits per heavy atom. The van der Waals surface area contributed by atoms with Crippen LogP contribution in [0.4, 0.5) is 5.69 Å². The molecule has 0 aliphatic heterocycles. The van der Waals surface area contributed by atoms with Crippen molar-refractivity contribution in [2.24, 2.45) is 5.92 Å². The van der Waals surface area contributed by atoms with Crippen molar-refractivity contribution in [3.8, 4) is 5.75 Å². The van der Waals surface area contributed by atoms with Crippen LogP contribution in [-0.2, 0) is 9.59 Å². The van der Waals surface area contributed by atoms with E-state index in [1.165, 1.54) is 0 Å². The van der Waals surface area contributed by atoms with Crippen LogP contribution in [0.25, 0.3) is 0 Å². The topological polar surface area (TPSA) is 67.4 Å². The van der Waals surface area contributed by atoms with Gasteiger partial charge in [-0.3, -0.25) is 9.59 Å². The van der Waals surface area contributed by atoms with Crippen molar-refractivity contribution in [1.29, 1.82) is 0 Å².